The Balaban J connectivity index is 1.49. The van der Waals surface area contributed by atoms with Crippen molar-refractivity contribution in [2.24, 2.45) is 7.05 Å². The largest absolute Gasteiger partial charge is 0.366 e. The van der Waals surface area contributed by atoms with Gasteiger partial charge in [0.05, 0.1) is 17.1 Å². The number of hydrogen-bond acceptors (Lipinski definition) is 7. The molecule has 7 nitrogen and oxygen atoms in total. The molecule has 0 unspecified atom stereocenters. The van der Waals surface area contributed by atoms with Gasteiger partial charge in [0.25, 0.3) is 11.5 Å². The quantitative estimate of drug-likeness (QED) is 0.323. The lowest BCUT2D eigenvalue weighted by Gasteiger charge is -2.38. The van der Waals surface area contributed by atoms with Gasteiger partial charge in [-0.25, -0.2) is 4.39 Å². The van der Waals surface area contributed by atoms with E-state index in [1.54, 1.807) is 37.1 Å². The number of nitrogens with zero attached hydrogens (tertiary/aromatic N) is 5. The van der Waals surface area contributed by atoms with E-state index in [4.69, 9.17) is 12.2 Å². The predicted molar refractivity (Wildman–Crippen MR) is 162 cm³/mol. The third-order valence-electron chi connectivity index (χ3n) is 7.35. The summed E-state index contributed by atoms with van der Waals surface area (Å²) in [4.78, 5) is 32.7. The van der Waals surface area contributed by atoms with E-state index in [0.717, 1.165) is 11.1 Å². The molecule has 1 aromatic heterocycles. The van der Waals surface area contributed by atoms with Gasteiger partial charge in [-0.05, 0) is 43.2 Å². The van der Waals surface area contributed by atoms with Crippen molar-refractivity contribution < 1.29 is 9.18 Å². The van der Waals surface area contributed by atoms with Crippen LogP contribution in [0.3, 0.4) is 0 Å². The van der Waals surface area contributed by atoms with Gasteiger partial charge in [0.1, 0.15) is 27.6 Å². The molecule has 2 aliphatic heterocycles. The lowest BCUT2D eigenvalue weighted by atomic mass is 10.0. The van der Waals surface area contributed by atoms with Crippen LogP contribution in [0.4, 0.5) is 15.9 Å². The van der Waals surface area contributed by atoms with Crippen molar-refractivity contribution in [1.29, 1.82) is 5.26 Å². The molecule has 2 fully saturated rings. The molecule has 0 aliphatic carbocycles. The molecule has 0 bridgehead atoms. The minimum atomic E-state index is -0.393. The summed E-state index contributed by atoms with van der Waals surface area (Å²) in [5.74, 6) is 0.141. The number of nitriles is 1. The molecule has 40 heavy (non-hydrogen) atoms. The zero-order chi connectivity index (χ0) is 28.6. The number of amides is 1. The Morgan fingerprint density at radius 2 is 1.68 bits per heavy atom. The second-order valence-corrected chi connectivity index (χ2v) is 11.6. The number of pyridine rings is 1. The Labute approximate surface area is 242 Å². The highest BCUT2D eigenvalue weighted by molar-refractivity contribution is 8.26. The maximum atomic E-state index is 14.4. The number of halogens is 1. The molecule has 2 aromatic carbocycles. The normalized spacial score (nSPS) is 16.7. The van der Waals surface area contributed by atoms with Crippen LogP contribution in [0.1, 0.15) is 27.8 Å². The maximum absolute atomic E-state index is 14.4. The number of aromatic nitrogens is 1. The average Bonchev–Trinajstić information content (AvgIpc) is 3.21. The number of piperazine rings is 1. The average molecular weight is 574 g/mol. The van der Waals surface area contributed by atoms with Crippen LogP contribution in [-0.4, -0.2) is 45.9 Å². The standard InChI is InChI=1S/C30H28FN5O2S2/c1-19-8-10-21(11-9-19)18-36-29(38)26(40-30(36)39)16-22-20(2)23(17-32)28(37)33(3)27(22)35-14-12-34(13-15-35)25-7-5-4-6-24(25)31/h4-11,16H,12-15,18H2,1-3H3/b26-16+. The van der Waals surface area contributed by atoms with Crippen molar-refractivity contribution in [3.63, 3.8) is 0 Å². The van der Waals surface area contributed by atoms with Crippen LogP contribution in [0.15, 0.2) is 58.2 Å². The van der Waals surface area contributed by atoms with E-state index in [1.807, 2.05) is 48.2 Å². The molecule has 2 saturated heterocycles. The van der Waals surface area contributed by atoms with E-state index in [0.29, 0.717) is 64.6 Å². The Hall–Kier alpha value is -3.94. The second-order valence-electron chi connectivity index (χ2n) is 9.89. The predicted octanol–water partition coefficient (Wildman–Crippen LogP) is 4.74. The highest BCUT2D eigenvalue weighted by Gasteiger charge is 2.33. The van der Waals surface area contributed by atoms with Crippen LogP contribution in [0.5, 0.6) is 0 Å². The fourth-order valence-electron chi connectivity index (χ4n) is 5.11. The lowest BCUT2D eigenvalue weighted by molar-refractivity contribution is -0.122. The molecule has 5 rings (SSSR count). The lowest BCUT2D eigenvalue weighted by Crippen LogP contribution is -2.48. The van der Waals surface area contributed by atoms with Crippen molar-refractivity contribution in [1.82, 2.24) is 9.47 Å². The zero-order valence-electron chi connectivity index (χ0n) is 22.5. The van der Waals surface area contributed by atoms with Gasteiger partial charge in [-0.3, -0.25) is 19.1 Å². The molecule has 2 aliphatic rings. The first-order chi connectivity index (χ1) is 19.2. The highest BCUT2D eigenvalue weighted by Crippen LogP contribution is 2.37. The third kappa shape index (κ3) is 5.15. The topological polar surface area (TPSA) is 72.6 Å². The van der Waals surface area contributed by atoms with Gasteiger partial charge in [0.2, 0.25) is 0 Å². The van der Waals surface area contributed by atoms with Gasteiger partial charge < -0.3 is 9.80 Å². The fraction of sp³-hybridized carbons (Fsp3) is 0.267. The number of para-hydroxylation sites is 1. The summed E-state index contributed by atoms with van der Waals surface area (Å²) < 4.78 is 16.3. The summed E-state index contributed by atoms with van der Waals surface area (Å²) in [6.45, 7) is 6.26. The first kappa shape index (κ1) is 27.6. The first-order valence-corrected chi connectivity index (χ1v) is 14.1. The molecular weight excluding hydrogens is 545 g/mol. The van der Waals surface area contributed by atoms with Gasteiger partial charge in [-0.1, -0.05) is 65.9 Å². The molecule has 0 N–H and O–H groups in total. The van der Waals surface area contributed by atoms with E-state index < -0.39 is 5.56 Å². The third-order valence-corrected chi connectivity index (χ3v) is 8.73. The van der Waals surface area contributed by atoms with Crippen molar-refractivity contribution in [3.05, 3.63) is 97.4 Å². The summed E-state index contributed by atoms with van der Waals surface area (Å²) in [5.41, 5.74) is 3.45. The van der Waals surface area contributed by atoms with E-state index in [2.05, 4.69) is 4.90 Å². The number of thioether (sulfide) groups is 1. The molecule has 3 aromatic rings. The van der Waals surface area contributed by atoms with E-state index >= 15 is 0 Å². The highest BCUT2D eigenvalue weighted by atomic mass is 32.2. The first-order valence-electron chi connectivity index (χ1n) is 12.9. The molecule has 10 heteroatoms. The van der Waals surface area contributed by atoms with Crippen LogP contribution in [0, 0.1) is 31.0 Å². The summed E-state index contributed by atoms with van der Waals surface area (Å²) in [6, 6.07) is 16.7. The molecule has 204 valence electrons. The van der Waals surface area contributed by atoms with E-state index in [-0.39, 0.29) is 17.3 Å². The molecule has 3 heterocycles. The summed E-state index contributed by atoms with van der Waals surface area (Å²) in [5, 5.41) is 9.78. The smallest absolute Gasteiger partial charge is 0.270 e. The van der Waals surface area contributed by atoms with Crippen molar-refractivity contribution >= 4 is 51.8 Å². The molecule has 0 saturated carbocycles. The molecule has 0 radical (unpaired) electrons. The number of carbonyl (C=O) groups is 1. The minimum Gasteiger partial charge on any atom is -0.366 e. The van der Waals surface area contributed by atoms with E-state index in [9.17, 15) is 19.2 Å². The monoisotopic (exact) mass is 573 g/mol. The number of thiocarbonyl (C=S) groups is 1. The van der Waals surface area contributed by atoms with Gasteiger partial charge >= 0.3 is 0 Å². The van der Waals surface area contributed by atoms with Crippen LogP contribution in [0.25, 0.3) is 6.08 Å². The van der Waals surface area contributed by atoms with Crippen LogP contribution in [0.2, 0.25) is 0 Å². The maximum Gasteiger partial charge on any atom is 0.270 e. The number of rotatable bonds is 5. The van der Waals surface area contributed by atoms with Crippen molar-refractivity contribution in [2.45, 2.75) is 20.4 Å². The number of benzene rings is 2. The Morgan fingerprint density at radius 3 is 2.33 bits per heavy atom. The summed E-state index contributed by atoms with van der Waals surface area (Å²) >= 11 is 6.78. The SMILES string of the molecule is Cc1ccc(CN2C(=O)/C(=C\c3c(C)c(C#N)c(=O)n(C)c3N3CCN(c4ccccc4F)CC3)SC2=S)cc1. The van der Waals surface area contributed by atoms with Gasteiger partial charge in [0.15, 0.2) is 0 Å². The molecule has 1 amide bonds. The van der Waals surface area contributed by atoms with Crippen molar-refractivity contribution in [2.75, 3.05) is 36.0 Å². The number of anilines is 2. The van der Waals surface area contributed by atoms with Gasteiger partial charge in [-0.2, -0.15) is 5.26 Å². The zero-order valence-corrected chi connectivity index (χ0v) is 24.1. The second kappa shape index (κ2) is 11.3. The fourth-order valence-corrected chi connectivity index (χ4v) is 6.34. The van der Waals surface area contributed by atoms with Gasteiger partial charge in [-0.15, -0.1) is 0 Å². The van der Waals surface area contributed by atoms with E-state index in [1.165, 1.54) is 22.4 Å². The Bertz CT molecular complexity index is 1630. The number of carbonyl (C=O) groups excluding carboxylic acids is 1. The van der Waals surface area contributed by atoms with Gasteiger partial charge in [0, 0.05) is 38.8 Å². The minimum absolute atomic E-state index is 0.0395. The molecular formula is C30H28FN5O2S2. The van der Waals surface area contributed by atoms with Crippen molar-refractivity contribution in [3.8, 4) is 6.07 Å². The van der Waals surface area contributed by atoms with Crippen LogP contribution >= 0.6 is 24.0 Å². The summed E-state index contributed by atoms with van der Waals surface area (Å²) in [7, 11) is 1.64. The van der Waals surface area contributed by atoms with Crippen LogP contribution < -0.4 is 15.4 Å². The molecule has 0 atom stereocenters. The number of hydrogen-bond donors (Lipinski definition) is 0. The number of aryl methyl sites for hydroxylation is 1. The molecule has 0 spiro atoms. The Kier molecular flexibility index (Phi) is 7.79. The Morgan fingerprint density at radius 1 is 1.02 bits per heavy atom. The van der Waals surface area contributed by atoms with Crippen LogP contribution in [-0.2, 0) is 18.4 Å². The summed E-state index contributed by atoms with van der Waals surface area (Å²) in [6.07, 6.45) is 1.75.